The average Bonchev–Trinajstić information content (AvgIpc) is 3.45. The third-order valence-corrected chi connectivity index (χ3v) is 9.21. The minimum absolute atomic E-state index is 0.00258. The predicted molar refractivity (Wildman–Crippen MR) is 114 cm³/mol. The Bertz CT molecular complexity index is 858. The van der Waals surface area contributed by atoms with Crippen LogP contribution in [0, 0.1) is 11.7 Å². The molecule has 2 saturated carbocycles. The molecule has 0 N–H and O–H groups in total. The Labute approximate surface area is 183 Å². The molecule has 0 bridgehead atoms. The van der Waals surface area contributed by atoms with Crippen LogP contribution in [0.15, 0.2) is 23.1 Å². The van der Waals surface area contributed by atoms with Crippen molar-refractivity contribution in [3.05, 3.63) is 29.0 Å². The zero-order valence-electron chi connectivity index (χ0n) is 17.2. The van der Waals surface area contributed by atoms with E-state index in [1.54, 1.807) is 0 Å². The monoisotopic (exact) mass is 456 g/mol. The Kier molecular flexibility index (Phi) is 6.70. The van der Waals surface area contributed by atoms with E-state index >= 15 is 0 Å². The number of benzene rings is 1. The summed E-state index contributed by atoms with van der Waals surface area (Å²) in [5, 5.41) is -0.204. The van der Waals surface area contributed by atoms with Crippen molar-refractivity contribution in [3.63, 3.8) is 0 Å². The molecule has 8 heteroatoms. The van der Waals surface area contributed by atoms with Crippen LogP contribution in [-0.2, 0) is 14.8 Å². The SMILES string of the molecule is O=C(C1CCN(S(=O)(=O)c2ccc(F)c(Cl)c2)CC1)N(C1CCCC1)C1CCCC1. The summed E-state index contributed by atoms with van der Waals surface area (Å²) >= 11 is 5.77. The summed E-state index contributed by atoms with van der Waals surface area (Å²) < 4.78 is 40.7. The molecule has 4 rings (SSSR count). The number of hydrogen-bond acceptors (Lipinski definition) is 3. The highest BCUT2D eigenvalue weighted by atomic mass is 35.5. The molecule has 166 valence electrons. The number of carbonyl (C=O) groups is 1. The number of halogens is 2. The van der Waals surface area contributed by atoms with Gasteiger partial charge in [-0.2, -0.15) is 4.31 Å². The molecule has 1 heterocycles. The second-order valence-corrected chi connectivity index (χ2v) is 11.2. The number of hydrogen-bond donors (Lipinski definition) is 0. The third-order valence-electron chi connectivity index (χ3n) is 7.02. The van der Waals surface area contributed by atoms with Crippen molar-refractivity contribution in [3.8, 4) is 0 Å². The molecular formula is C22H30ClFN2O3S. The lowest BCUT2D eigenvalue weighted by Gasteiger charge is -2.39. The van der Waals surface area contributed by atoms with E-state index in [1.165, 1.54) is 36.1 Å². The Morgan fingerprint density at radius 1 is 0.967 bits per heavy atom. The molecule has 5 nitrogen and oxygen atoms in total. The van der Waals surface area contributed by atoms with Crippen molar-refractivity contribution < 1.29 is 17.6 Å². The fraction of sp³-hybridized carbons (Fsp3) is 0.682. The molecular weight excluding hydrogens is 427 g/mol. The number of sulfonamides is 1. The van der Waals surface area contributed by atoms with Gasteiger partial charge < -0.3 is 4.90 Å². The normalized spacial score (nSPS) is 22.6. The quantitative estimate of drug-likeness (QED) is 0.650. The van der Waals surface area contributed by atoms with Crippen LogP contribution in [0.4, 0.5) is 4.39 Å². The van der Waals surface area contributed by atoms with Gasteiger partial charge in [0.2, 0.25) is 15.9 Å². The Balaban J connectivity index is 1.43. The lowest BCUT2D eigenvalue weighted by Crippen LogP contribution is -2.50. The third kappa shape index (κ3) is 4.39. The molecule has 30 heavy (non-hydrogen) atoms. The highest BCUT2D eigenvalue weighted by Crippen LogP contribution is 2.35. The molecule has 3 aliphatic rings. The Hall–Kier alpha value is -1.18. The number of rotatable bonds is 5. The molecule has 1 aromatic rings. The standard InChI is InChI=1S/C22H30ClFN2O3S/c23-20-15-19(9-10-21(20)24)30(28,29)25-13-11-16(12-14-25)22(27)26(17-5-1-2-6-17)18-7-3-4-8-18/h9-10,15-18H,1-8,11-14H2. The maximum absolute atomic E-state index is 13.5. The van der Waals surface area contributed by atoms with Crippen LogP contribution in [0.3, 0.4) is 0 Å². The lowest BCUT2D eigenvalue weighted by molar-refractivity contribution is -0.141. The first-order chi connectivity index (χ1) is 14.4. The molecule has 1 aliphatic heterocycles. The van der Waals surface area contributed by atoms with Crippen molar-refractivity contribution >= 4 is 27.5 Å². The van der Waals surface area contributed by atoms with Gasteiger partial charge in [-0.05, 0) is 56.7 Å². The first-order valence-corrected chi connectivity index (χ1v) is 13.0. The largest absolute Gasteiger partial charge is 0.336 e. The maximum atomic E-state index is 13.5. The van der Waals surface area contributed by atoms with E-state index in [2.05, 4.69) is 4.90 Å². The van der Waals surface area contributed by atoms with Gasteiger partial charge in [0.05, 0.1) is 9.92 Å². The zero-order chi connectivity index (χ0) is 21.3. The molecule has 0 unspecified atom stereocenters. The van der Waals surface area contributed by atoms with E-state index in [4.69, 9.17) is 11.6 Å². The minimum Gasteiger partial charge on any atom is -0.336 e. The van der Waals surface area contributed by atoms with Crippen LogP contribution >= 0.6 is 11.6 Å². The van der Waals surface area contributed by atoms with Crippen LogP contribution in [0.2, 0.25) is 5.02 Å². The first-order valence-electron chi connectivity index (χ1n) is 11.2. The fourth-order valence-electron chi connectivity index (χ4n) is 5.36. The molecule has 3 fully saturated rings. The van der Waals surface area contributed by atoms with Crippen molar-refractivity contribution in [2.75, 3.05) is 13.1 Å². The molecule has 1 saturated heterocycles. The summed E-state index contributed by atoms with van der Waals surface area (Å²) in [7, 11) is -3.74. The predicted octanol–water partition coefficient (Wildman–Crippen LogP) is 4.59. The van der Waals surface area contributed by atoms with Crippen molar-refractivity contribution in [2.45, 2.75) is 81.2 Å². The lowest BCUT2D eigenvalue weighted by atomic mass is 9.94. The van der Waals surface area contributed by atoms with Gasteiger partial charge >= 0.3 is 0 Å². The van der Waals surface area contributed by atoms with Gasteiger partial charge in [0.25, 0.3) is 0 Å². The first kappa shape index (κ1) is 22.0. The van der Waals surface area contributed by atoms with Gasteiger partial charge in [0.15, 0.2) is 0 Å². The number of piperidine rings is 1. The smallest absolute Gasteiger partial charge is 0.243 e. The number of amides is 1. The van der Waals surface area contributed by atoms with Gasteiger partial charge in [-0.3, -0.25) is 4.79 Å². The van der Waals surface area contributed by atoms with E-state index < -0.39 is 15.8 Å². The average molecular weight is 457 g/mol. The summed E-state index contributed by atoms with van der Waals surface area (Å²) in [5.41, 5.74) is 0. The van der Waals surface area contributed by atoms with Crippen molar-refractivity contribution in [2.24, 2.45) is 5.92 Å². The Morgan fingerprint density at radius 2 is 1.50 bits per heavy atom. The molecule has 0 radical (unpaired) electrons. The van der Waals surface area contributed by atoms with Crippen molar-refractivity contribution in [1.29, 1.82) is 0 Å². The molecule has 0 spiro atoms. The molecule has 0 aromatic heterocycles. The van der Waals surface area contributed by atoms with E-state index in [0.717, 1.165) is 37.8 Å². The summed E-state index contributed by atoms with van der Waals surface area (Å²) in [5.74, 6) is -0.524. The fourth-order valence-corrected chi connectivity index (χ4v) is 7.10. The maximum Gasteiger partial charge on any atom is 0.243 e. The summed E-state index contributed by atoms with van der Waals surface area (Å²) in [6.45, 7) is 0.605. The minimum atomic E-state index is -3.74. The van der Waals surface area contributed by atoms with Crippen LogP contribution in [0.1, 0.15) is 64.2 Å². The number of carbonyl (C=O) groups excluding carboxylic acids is 1. The summed E-state index contributed by atoms with van der Waals surface area (Å²) in [4.78, 5) is 15.7. The van der Waals surface area contributed by atoms with Gasteiger partial charge in [-0.15, -0.1) is 0 Å². The van der Waals surface area contributed by atoms with Gasteiger partial charge in [0, 0.05) is 31.1 Å². The van der Waals surface area contributed by atoms with Gasteiger partial charge in [-0.25, -0.2) is 12.8 Å². The highest BCUT2D eigenvalue weighted by molar-refractivity contribution is 7.89. The van der Waals surface area contributed by atoms with Crippen LogP contribution < -0.4 is 0 Å². The van der Waals surface area contributed by atoms with Crippen LogP contribution in [-0.4, -0.2) is 48.7 Å². The van der Waals surface area contributed by atoms with E-state index in [9.17, 15) is 17.6 Å². The number of nitrogens with zero attached hydrogens (tertiary/aromatic N) is 2. The van der Waals surface area contributed by atoms with Crippen molar-refractivity contribution in [1.82, 2.24) is 9.21 Å². The van der Waals surface area contributed by atoms with Gasteiger partial charge in [0.1, 0.15) is 5.82 Å². The van der Waals surface area contributed by atoms with E-state index in [-0.39, 0.29) is 21.7 Å². The summed E-state index contributed by atoms with van der Waals surface area (Å²) in [6, 6.07) is 4.21. The molecule has 1 amide bonds. The second-order valence-electron chi connectivity index (χ2n) is 8.88. The molecule has 2 aliphatic carbocycles. The molecule has 0 atom stereocenters. The summed E-state index contributed by atoms with van der Waals surface area (Å²) in [6.07, 6.45) is 10.2. The zero-order valence-corrected chi connectivity index (χ0v) is 18.8. The second kappa shape index (κ2) is 9.13. The van der Waals surface area contributed by atoms with E-state index in [1.807, 2.05) is 0 Å². The Morgan fingerprint density at radius 3 is 2.00 bits per heavy atom. The van der Waals surface area contributed by atoms with E-state index in [0.29, 0.717) is 38.0 Å². The highest BCUT2D eigenvalue weighted by Gasteiger charge is 2.39. The topological polar surface area (TPSA) is 57.7 Å². The van der Waals surface area contributed by atoms with Gasteiger partial charge in [-0.1, -0.05) is 37.3 Å². The van der Waals surface area contributed by atoms with Crippen LogP contribution in [0.5, 0.6) is 0 Å². The molecule has 1 aromatic carbocycles. The van der Waals surface area contributed by atoms with Crippen LogP contribution in [0.25, 0.3) is 0 Å².